The van der Waals surface area contributed by atoms with Crippen molar-refractivity contribution in [3.63, 3.8) is 0 Å². The fraction of sp³-hybridized carbons (Fsp3) is 0.600. The SMILES string of the molecule is CNC1CCCC1S(=O)(=O)Cc1cc(C)cc(C)c1. The van der Waals surface area contributed by atoms with Crippen molar-refractivity contribution in [2.45, 2.75) is 50.2 Å². The molecule has 0 amide bonds. The minimum Gasteiger partial charge on any atom is -0.316 e. The van der Waals surface area contributed by atoms with E-state index in [1.807, 2.05) is 33.0 Å². The van der Waals surface area contributed by atoms with Crippen LogP contribution in [0.3, 0.4) is 0 Å². The Kier molecular flexibility index (Phi) is 4.31. The molecule has 0 saturated heterocycles. The highest BCUT2D eigenvalue weighted by Crippen LogP contribution is 2.28. The molecule has 1 N–H and O–H groups in total. The third kappa shape index (κ3) is 3.37. The van der Waals surface area contributed by atoms with Crippen molar-refractivity contribution in [2.75, 3.05) is 7.05 Å². The van der Waals surface area contributed by atoms with Gasteiger partial charge in [0.05, 0.1) is 11.0 Å². The van der Waals surface area contributed by atoms with Crippen LogP contribution in [-0.4, -0.2) is 26.8 Å². The lowest BCUT2D eigenvalue weighted by atomic mass is 10.1. The number of sulfone groups is 1. The molecular weight excluding hydrogens is 258 g/mol. The first-order chi connectivity index (χ1) is 8.92. The Bertz CT molecular complexity index is 531. The zero-order valence-electron chi connectivity index (χ0n) is 11.9. The minimum atomic E-state index is -3.07. The van der Waals surface area contributed by atoms with E-state index in [1.54, 1.807) is 0 Å². The van der Waals surface area contributed by atoms with Crippen molar-refractivity contribution < 1.29 is 8.42 Å². The third-order valence-corrected chi connectivity index (χ3v) is 6.16. The molecule has 0 radical (unpaired) electrons. The molecule has 4 heteroatoms. The van der Waals surface area contributed by atoms with E-state index in [0.29, 0.717) is 0 Å². The summed E-state index contributed by atoms with van der Waals surface area (Å²) < 4.78 is 25.1. The molecule has 0 bridgehead atoms. The quantitative estimate of drug-likeness (QED) is 0.921. The molecule has 1 aromatic carbocycles. The average molecular weight is 281 g/mol. The highest BCUT2D eigenvalue weighted by atomic mass is 32.2. The topological polar surface area (TPSA) is 46.2 Å². The summed E-state index contributed by atoms with van der Waals surface area (Å²) in [7, 11) is -1.21. The molecule has 2 unspecified atom stereocenters. The van der Waals surface area contributed by atoms with E-state index in [1.165, 1.54) is 0 Å². The van der Waals surface area contributed by atoms with Crippen molar-refractivity contribution in [3.05, 3.63) is 34.9 Å². The molecule has 0 aliphatic heterocycles. The van der Waals surface area contributed by atoms with Crippen molar-refractivity contribution in [3.8, 4) is 0 Å². The molecule has 2 atom stereocenters. The Labute approximate surface area is 116 Å². The number of nitrogens with one attached hydrogen (secondary N) is 1. The summed E-state index contributed by atoms with van der Waals surface area (Å²) in [6, 6.07) is 6.15. The van der Waals surface area contributed by atoms with E-state index < -0.39 is 9.84 Å². The fourth-order valence-corrected chi connectivity index (χ4v) is 5.32. The lowest BCUT2D eigenvalue weighted by Crippen LogP contribution is -2.38. The van der Waals surface area contributed by atoms with Crippen LogP contribution < -0.4 is 5.32 Å². The highest BCUT2D eigenvalue weighted by Gasteiger charge is 2.36. The normalized spacial score (nSPS) is 23.7. The van der Waals surface area contributed by atoms with Gasteiger partial charge in [-0.1, -0.05) is 35.7 Å². The number of benzene rings is 1. The number of rotatable bonds is 4. The summed E-state index contributed by atoms with van der Waals surface area (Å²) >= 11 is 0. The molecule has 106 valence electrons. The molecule has 1 fully saturated rings. The van der Waals surface area contributed by atoms with Crippen LogP contribution in [0.25, 0.3) is 0 Å². The fourth-order valence-electron chi connectivity index (χ4n) is 3.18. The molecule has 0 heterocycles. The number of aryl methyl sites for hydroxylation is 2. The summed E-state index contributed by atoms with van der Waals surface area (Å²) in [6.07, 6.45) is 2.76. The van der Waals surface area contributed by atoms with Crippen molar-refractivity contribution in [1.82, 2.24) is 5.32 Å². The highest BCUT2D eigenvalue weighted by molar-refractivity contribution is 7.91. The zero-order valence-corrected chi connectivity index (χ0v) is 12.8. The third-order valence-electron chi connectivity index (χ3n) is 3.93. The monoisotopic (exact) mass is 281 g/mol. The summed E-state index contributed by atoms with van der Waals surface area (Å²) in [5, 5.41) is 2.93. The van der Waals surface area contributed by atoms with Crippen LogP contribution in [-0.2, 0) is 15.6 Å². The first-order valence-electron chi connectivity index (χ1n) is 6.88. The van der Waals surface area contributed by atoms with Crippen LogP contribution in [0.15, 0.2) is 18.2 Å². The van der Waals surface area contributed by atoms with Gasteiger partial charge in [0, 0.05) is 6.04 Å². The van der Waals surface area contributed by atoms with Crippen molar-refractivity contribution in [1.29, 1.82) is 0 Å². The number of hydrogen-bond acceptors (Lipinski definition) is 3. The van der Waals surface area contributed by atoms with Gasteiger partial charge in [-0.2, -0.15) is 0 Å². The van der Waals surface area contributed by atoms with Crippen LogP contribution in [0.2, 0.25) is 0 Å². The van der Waals surface area contributed by atoms with Gasteiger partial charge in [0.25, 0.3) is 0 Å². The molecule has 0 aromatic heterocycles. The van der Waals surface area contributed by atoms with Gasteiger partial charge in [0.2, 0.25) is 0 Å². The Balaban J connectivity index is 2.21. The second-order valence-corrected chi connectivity index (χ2v) is 7.89. The van der Waals surface area contributed by atoms with Gasteiger partial charge in [-0.25, -0.2) is 8.42 Å². The van der Waals surface area contributed by atoms with Crippen molar-refractivity contribution in [2.24, 2.45) is 0 Å². The molecule has 1 aliphatic rings. The summed E-state index contributed by atoms with van der Waals surface area (Å²) in [5.74, 6) is 0.165. The zero-order chi connectivity index (χ0) is 14.0. The van der Waals surface area contributed by atoms with Gasteiger partial charge < -0.3 is 5.32 Å². The molecular formula is C15H23NO2S. The second kappa shape index (κ2) is 5.63. The van der Waals surface area contributed by atoms with E-state index in [9.17, 15) is 8.42 Å². The van der Waals surface area contributed by atoms with Gasteiger partial charge in [0.15, 0.2) is 9.84 Å². The predicted octanol–water partition coefficient (Wildman–Crippen LogP) is 2.36. The van der Waals surface area contributed by atoms with E-state index in [-0.39, 0.29) is 17.0 Å². The van der Waals surface area contributed by atoms with Crippen LogP contribution in [0, 0.1) is 13.8 Å². The standard InChI is InChI=1S/C15H23NO2S/c1-11-7-12(2)9-13(8-11)10-19(17,18)15-6-4-5-14(15)16-3/h7-9,14-16H,4-6,10H2,1-3H3. The molecule has 3 nitrogen and oxygen atoms in total. The lowest BCUT2D eigenvalue weighted by molar-refractivity contribution is 0.537. The molecule has 2 rings (SSSR count). The summed E-state index contributed by atoms with van der Waals surface area (Å²) in [5.41, 5.74) is 3.17. The number of hydrogen-bond donors (Lipinski definition) is 1. The van der Waals surface area contributed by atoms with E-state index in [0.717, 1.165) is 36.0 Å². The van der Waals surface area contributed by atoms with Crippen LogP contribution in [0.4, 0.5) is 0 Å². The molecule has 1 aromatic rings. The lowest BCUT2D eigenvalue weighted by Gasteiger charge is -2.19. The maximum absolute atomic E-state index is 12.6. The second-order valence-electron chi connectivity index (χ2n) is 5.67. The van der Waals surface area contributed by atoms with Crippen LogP contribution in [0.5, 0.6) is 0 Å². The molecule has 1 aliphatic carbocycles. The van der Waals surface area contributed by atoms with Crippen LogP contribution in [0.1, 0.15) is 36.0 Å². The van der Waals surface area contributed by atoms with Gasteiger partial charge in [-0.15, -0.1) is 0 Å². The first kappa shape index (κ1) is 14.5. The molecule has 19 heavy (non-hydrogen) atoms. The van der Waals surface area contributed by atoms with E-state index in [4.69, 9.17) is 0 Å². The minimum absolute atomic E-state index is 0.121. The van der Waals surface area contributed by atoms with Gasteiger partial charge in [0.1, 0.15) is 0 Å². The Morgan fingerprint density at radius 2 is 1.79 bits per heavy atom. The largest absolute Gasteiger partial charge is 0.316 e. The van der Waals surface area contributed by atoms with Gasteiger partial charge in [-0.05, 0) is 39.3 Å². The summed E-state index contributed by atoms with van der Waals surface area (Å²) in [4.78, 5) is 0. The van der Waals surface area contributed by atoms with E-state index >= 15 is 0 Å². The smallest absolute Gasteiger partial charge is 0.158 e. The molecule has 1 saturated carbocycles. The summed E-state index contributed by atoms with van der Waals surface area (Å²) in [6.45, 7) is 4.02. The maximum atomic E-state index is 12.6. The Morgan fingerprint density at radius 3 is 2.37 bits per heavy atom. The van der Waals surface area contributed by atoms with Crippen LogP contribution >= 0.6 is 0 Å². The van der Waals surface area contributed by atoms with Crippen molar-refractivity contribution >= 4 is 9.84 Å². The van der Waals surface area contributed by atoms with E-state index in [2.05, 4.69) is 11.4 Å². The first-order valence-corrected chi connectivity index (χ1v) is 8.60. The maximum Gasteiger partial charge on any atom is 0.158 e. The van der Waals surface area contributed by atoms with Gasteiger partial charge >= 0.3 is 0 Å². The van der Waals surface area contributed by atoms with Gasteiger partial charge in [-0.3, -0.25) is 0 Å². The average Bonchev–Trinajstić information content (AvgIpc) is 2.75. The Hall–Kier alpha value is -0.870. The predicted molar refractivity (Wildman–Crippen MR) is 79.0 cm³/mol. The Morgan fingerprint density at radius 1 is 1.16 bits per heavy atom. The molecule has 0 spiro atoms.